The number of para-hydroxylation sites is 1. The van der Waals surface area contributed by atoms with E-state index in [9.17, 15) is 4.79 Å². The van der Waals surface area contributed by atoms with Crippen LogP contribution in [0.4, 0.5) is 5.69 Å². The Morgan fingerprint density at radius 1 is 1.21 bits per heavy atom. The third-order valence-electron chi connectivity index (χ3n) is 5.45. The van der Waals surface area contributed by atoms with E-state index in [-0.39, 0.29) is 42.7 Å². The Morgan fingerprint density at radius 3 is 2.68 bits per heavy atom. The monoisotopic (exact) mass is 421 g/mol. The number of halogens is 2. The third-order valence-corrected chi connectivity index (χ3v) is 5.45. The number of hydrogen-bond donors (Lipinski definition) is 3. The zero-order valence-corrected chi connectivity index (χ0v) is 17.2. The molecule has 150 valence electrons. The van der Waals surface area contributed by atoms with Gasteiger partial charge in [-0.2, -0.15) is 5.10 Å². The van der Waals surface area contributed by atoms with Crippen molar-refractivity contribution in [3.05, 3.63) is 48.2 Å². The van der Waals surface area contributed by atoms with Crippen molar-refractivity contribution in [1.82, 2.24) is 15.1 Å². The van der Waals surface area contributed by atoms with E-state index < -0.39 is 0 Å². The Morgan fingerprint density at radius 2 is 1.96 bits per heavy atom. The van der Waals surface area contributed by atoms with Crippen molar-refractivity contribution in [3.8, 4) is 11.1 Å². The molecule has 28 heavy (non-hydrogen) atoms. The molecule has 2 unspecified atom stereocenters. The molecule has 4 rings (SSSR count). The standard InChI is InChI=1S/C20H23N5O.2ClH/c1-25-9-8-13(20(22)26)11-18(25)19-15-10-12(6-7-17(15)23-24-19)14-4-2-3-5-16(14)21;;/h2-7,10,13,18H,8-9,11,21H2,1H3,(H2,22,26)(H,23,24);2*1H. The lowest BCUT2D eigenvalue weighted by molar-refractivity contribution is -0.123. The van der Waals surface area contributed by atoms with Gasteiger partial charge in [-0.25, -0.2) is 0 Å². The van der Waals surface area contributed by atoms with Gasteiger partial charge in [0.15, 0.2) is 0 Å². The van der Waals surface area contributed by atoms with Gasteiger partial charge in [0.05, 0.1) is 17.3 Å². The fourth-order valence-corrected chi connectivity index (χ4v) is 3.88. The summed E-state index contributed by atoms with van der Waals surface area (Å²) in [6, 6.07) is 14.1. The minimum Gasteiger partial charge on any atom is -0.398 e. The molecule has 3 aromatic rings. The van der Waals surface area contributed by atoms with Crippen molar-refractivity contribution in [1.29, 1.82) is 0 Å². The number of nitrogens with one attached hydrogen (secondary N) is 1. The maximum absolute atomic E-state index is 11.7. The number of aromatic nitrogens is 2. The van der Waals surface area contributed by atoms with Crippen molar-refractivity contribution in [3.63, 3.8) is 0 Å². The van der Waals surface area contributed by atoms with Gasteiger partial charge in [0.25, 0.3) is 0 Å². The smallest absolute Gasteiger partial charge is 0.220 e. The molecule has 1 aliphatic heterocycles. The molecular formula is C20H25Cl2N5O. The van der Waals surface area contributed by atoms with Gasteiger partial charge in [-0.05, 0) is 50.2 Å². The van der Waals surface area contributed by atoms with Crippen LogP contribution in [-0.2, 0) is 4.79 Å². The molecule has 2 aromatic carbocycles. The first-order valence-corrected chi connectivity index (χ1v) is 8.87. The summed E-state index contributed by atoms with van der Waals surface area (Å²) in [6.07, 6.45) is 1.50. The van der Waals surface area contributed by atoms with Crippen LogP contribution in [0.2, 0.25) is 0 Å². The van der Waals surface area contributed by atoms with Crippen LogP contribution in [0.5, 0.6) is 0 Å². The Balaban J connectivity index is 0.00000140. The van der Waals surface area contributed by atoms with Crippen LogP contribution in [0.25, 0.3) is 22.0 Å². The Bertz CT molecular complexity index is 974. The summed E-state index contributed by atoms with van der Waals surface area (Å²) in [6.45, 7) is 0.831. The average molecular weight is 422 g/mol. The lowest BCUT2D eigenvalue weighted by atomic mass is 9.88. The van der Waals surface area contributed by atoms with Gasteiger partial charge in [-0.3, -0.25) is 14.8 Å². The molecule has 0 spiro atoms. The van der Waals surface area contributed by atoms with E-state index >= 15 is 0 Å². The van der Waals surface area contributed by atoms with Gasteiger partial charge < -0.3 is 11.5 Å². The van der Waals surface area contributed by atoms with Crippen LogP contribution in [-0.4, -0.2) is 34.6 Å². The zero-order chi connectivity index (χ0) is 18.3. The van der Waals surface area contributed by atoms with Gasteiger partial charge >= 0.3 is 0 Å². The summed E-state index contributed by atoms with van der Waals surface area (Å²) in [7, 11) is 2.07. The van der Waals surface area contributed by atoms with Crippen molar-refractivity contribution in [2.24, 2.45) is 11.7 Å². The number of nitrogen functional groups attached to an aromatic ring is 1. The van der Waals surface area contributed by atoms with Crippen molar-refractivity contribution in [2.75, 3.05) is 19.3 Å². The van der Waals surface area contributed by atoms with E-state index in [0.717, 1.165) is 46.4 Å². The first-order valence-electron chi connectivity index (χ1n) is 8.87. The highest BCUT2D eigenvalue weighted by Gasteiger charge is 2.32. The first kappa shape index (κ1) is 22.0. The lowest BCUT2D eigenvalue weighted by Gasteiger charge is -2.35. The number of anilines is 1. The molecule has 2 atom stereocenters. The number of primary amides is 1. The maximum Gasteiger partial charge on any atom is 0.220 e. The van der Waals surface area contributed by atoms with E-state index in [1.807, 2.05) is 36.4 Å². The number of hydrogen-bond acceptors (Lipinski definition) is 4. The second-order valence-electron chi connectivity index (χ2n) is 7.08. The summed E-state index contributed by atoms with van der Waals surface area (Å²) >= 11 is 0. The van der Waals surface area contributed by atoms with E-state index in [0.29, 0.717) is 6.42 Å². The molecule has 5 N–H and O–H groups in total. The highest BCUT2D eigenvalue weighted by molar-refractivity contribution is 5.89. The quantitative estimate of drug-likeness (QED) is 0.562. The second kappa shape index (κ2) is 8.82. The lowest BCUT2D eigenvalue weighted by Crippen LogP contribution is -2.39. The number of carbonyl (C=O) groups excluding carboxylic acids is 1. The molecule has 1 aliphatic rings. The summed E-state index contributed by atoms with van der Waals surface area (Å²) in [5.41, 5.74) is 16.5. The molecule has 0 radical (unpaired) electrons. The molecular weight excluding hydrogens is 397 g/mol. The summed E-state index contributed by atoms with van der Waals surface area (Å²) in [5, 5.41) is 8.75. The predicted molar refractivity (Wildman–Crippen MR) is 118 cm³/mol. The van der Waals surface area contributed by atoms with E-state index in [4.69, 9.17) is 11.5 Å². The topological polar surface area (TPSA) is 101 Å². The molecule has 1 aromatic heterocycles. The number of nitrogens with zero attached hydrogens (tertiary/aromatic N) is 2. The van der Waals surface area contributed by atoms with Gasteiger partial charge in [0, 0.05) is 22.6 Å². The normalized spacial score (nSPS) is 19.6. The number of carbonyl (C=O) groups is 1. The minimum atomic E-state index is -0.222. The molecule has 0 aliphatic carbocycles. The number of amides is 1. The number of aromatic amines is 1. The minimum absolute atomic E-state index is 0. The molecule has 1 saturated heterocycles. The van der Waals surface area contributed by atoms with E-state index in [1.54, 1.807) is 0 Å². The Labute approximate surface area is 176 Å². The zero-order valence-electron chi connectivity index (χ0n) is 15.6. The van der Waals surface area contributed by atoms with Gasteiger partial charge in [-0.1, -0.05) is 24.3 Å². The first-order chi connectivity index (χ1) is 12.5. The van der Waals surface area contributed by atoms with Gasteiger partial charge in [0.1, 0.15) is 0 Å². The number of nitrogens with two attached hydrogens (primary N) is 2. The molecule has 8 heteroatoms. The molecule has 0 bridgehead atoms. The number of fused-ring (bicyclic) bond motifs is 1. The highest BCUT2D eigenvalue weighted by Crippen LogP contribution is 2.37. The maximum atomic E-state index is 11.7. The second-order valence-corrected chi connectivity index (χ2v) is 7.08. The molecule has 6 nitrogen and oxygen atoms in total. The third kappa shape index (κ3) is 3.94. The average Bonchev–Trinajstić information content (AvgIpc) is 3.05. The van der Waals surface area contributed by atoms with Crippen LogP contribution in [0.3, 0.4) is 0 Å². The van der Waals surface area contributed by atoms with E-state index in [2.05, 4.69) is 28.2 Å². The largest absolute Gasteiger partial charge is 0.398 e. The van der Waals surface area contributed by atoms with Crippen LogP contribution in [0, 0.1) is 5.92 Å². The van der Waals surface area contributed by atoms with Gasteiger partial charge in [-0.15, -0.1) is 24.8 Å². The number of piperidine rings is 1. The van der Waals surface area contributed by atoms with E-state index in [1.165, 1.54) is 0 Å². The fraction of sp³-hybridized carbons (Fsp3) is 0.300. The van der Waals surface area contributed by atoms with Crippen LogP contribution >= 0.6 is 24.8 Å². The predicted octanol–water partition coefficient (Wildman–Crippen LogP) is 3.52. The molecule has 1 fully saturated rings. The number of rotatable bonds is 3. The SMILES string of the molecule is CN1CCC(C(N)=O)CC1c1n[nH]c2ccc(-c3ccccc3N)cc12.Cl.Cl. The fourth-order valence-electron chi connectivity index (χ4n) is 3.88. The Kier molecular flexibility index (Phi) is 6.93. The highest BCUT2D eigenvalue weighted by atomic mass is 35.5. The summed E-state index contributed by atoms with van der Waals surface area (Å²) in [5.74, 6) is -0.323. The van der Waals surface area contributed by atoms with Crippen molar-refractivity contribution in [2.45, 2.75) is 18.9 Å². The van der Waals surface area contributed by atoms with Crippen LogP contribution < -0.4 is 11.5 Å². The van der Waals surface area contributed by atoms with Gasteiger partial charge in [0.2, 0.25) is 5.91 Å². The van der Waals surface area contributed by atoms with Crippen LogP contribution in [0.15, 0.2) is 42.5 Å². The number of likely N-dealkylation sites (tertiary alicyclic amines) is 1. The molecule has 1 amide bonds. The van der Waals surface area contributed by atoms with Crippen LogP contribution in [0.1, 0.15) is 24.6 Å². The summed E-state index contributed by atoms with van der Waals surface area (Å²) < 4.78 is 0. The molecule has 2 heterocycles. The molecule has 0 saturated carbocycles. The summed E-state index contributed by atoms with van der Waals surface area (Å²) in [4.78, 5) is 13.9. The van der Waals surface area contributed by atoms with Crippen molar-refractivity contribution < 1.29 is 4.79 Å². The van der Waals surface area contributed by atoms with Crippen molar-refractivity contribution >= 4 is 47.3 Å². The Hall–Kier alpha value is -2.28. The number of benzene rings is 2. The number of H-pyrrole nitrogens is 1.